The number of halogens is 1. The van der Waals surface area contributed by atoms with Crippen LogP contribution in [0.5, 0.6) is 11.5 Å². The van der Waals surface area contributed by atoms with Crippen LogP contribution in [-0.4, -0.2) is 28.9 Å². The summed E-state index contributed by atoms with van der Waals surface area (Å²) < 4.78 is 27.7. The molecule has 7 nitrogen and oxygen atoms in total. The molecule has 2 amide bonds. The third-order valence-corrected chi connectivity index (χ3v) is 7.52. The lowest BCUT2D eigenvalue weighted by atomic mass is 10.0. The second-order valence-electron chi connectivity index (χ2n) is 9.06. The van der Waals surface area contributed by atoms with Gasteiger partial charge < -0.3 is 14.0 Å². The Morgan fingerprint density at radius 3 is 2.49 bits per heavy atom. The summed E-state index contributed by atoms with van der Waals surface area (Å²) in [6.45, 7) is 3.79. The van der Waals surface area contributed by atoms with Crippen molar-refractivity contribution in [2.24, 2.45) is 7.05 Å². The largest absolute Gasteiger partial charge is 0.490 e. The number of aryl methyl sites for hydroxylation is 2. The van der Waals surface area contributed by atoms with E-state index in [0.717, 1.165) is 22.8 Å². The first-order valence-electron chi connectivity index (χ1n) is 12.2. The first-order valence-corrected chi connectivity index (χ1v) is 13.0. The zero-order valence-electron chi connectivity index (χ0n) is 21.5. The van der Waals surface area contributed by atoms with Crippen LogP contribution in [0.1, 0.15) is 18.1 Å². The van der Waals surface area contributed by atoms with E-state index >= 15 is 0 Å². The zero-order chi connectivity index (χ0) is 27.7. The van der Waals surface area contributed by atoms with Gasteiger partial charge in [0, 0.05) is 18.0 Å². The molecule has 1 saturated heterocycles. The molecule has 1 N–H and O–H groups in total. The number of carbonyl (C=O) groups is 2. The number of amides is 2. The number of para-hydroxylation sites is 1. The van der Waals surface area contributed by atoms with E-state index < -0.39 is 11.1 Å². The average Bonchev–Trinajstić information content (AvgIpc) is 3.27. The number of fused-ring (bicyclic) bond motifs is 1. The third kappa shape index (κ3) is 5.18. The van der Waals surface area contributed by atoms with Gasteiger partial charge in [-0.1, -0.05) is 24.3 Å². The molecular formula is C30H25FN2O5S. The number of allylic oxidation sites excluding steroid dienone is 1. The number of carbonyl (C=O) groups excluding carboxylic acids is 2. The van der Waals surface area contributed by atoms with Crippen molar-refractivity contribution in [1.29, 1.82) is 0 Å². The molecule has 0 unspecified atom stereocenters. The van der Waals surface area contributed by atoms with Crippen LogP contribution >= 0.6 is 11.8 Å². The maximum absolute atomic E-state index is 13.9. The summed E-state index contributed by atoms with van der Waals surface area (Å²) in [4.78, 5) is 37.4. The van der Waals surface area contributed by atoms with Gasteiger partial charge in [0.25, 0.3) is 11.1 Å². The fourth-order valence-electron chi connectivity index (χ4n) is 4.60. The van der Waals surface area contributed by atoms with Gasteiger partial charge in [0.2, 0.25) is 5.43 Å². The van der Waals surface area contributed by atoms with Gasteiger partial charge in [0.05, 0.1) is 16.1 Å². The van der Waals surface area contributed by atoms with Crippen LogP contribution in [0, 0.1) is 12.7 Å². The Kier molecular flexibility index (Phi) is 7.26. The number of rotatable bonds is 7. The molecule has 4 aromatic rings. The van der Waals surface area contributed by atoms with Gasteiger partial charge in [-0.15, -0.1) is 0 Å². The van der Waals surface area contributed by atoms with Crippen molar-refractivity contribution in [1.82, 2.24) is 9.88 Å². The molecule has 0 saturated carbocycles. The van der Waals surface area contributed by atoms with Crippen LogP contribution in [0.3, 0.4) is 0 Å². The number of nitrogens with zero attached hydrogens (tertiary/aromatic N) is 1. The summed E-state index contributed by atoms with van der Waals surface area (Å²) in [7, 11) is 1.85. The van der Waals surface area contributed by atoms with Gasteiger partial charge in [0.15, 0.2) is 5.75 Å². The molecule has 0 bridgehead atoms. The maximum atomic E-state index is 13.9. The van der Waals surface area contributed by atoms with E-state index in [0.29, 0.717) is 38.4 Å². The minimum Gasteiger partial charge on any atom is -0.490 e. The minimum absolute atomic E-state index is 0.0812. The monoisotopic (exact) mass is 544 g/mol. The molecule has 1 aliphatic heterocycles. The van der Waals surface area contributed by atoms with E-state index in [9.17, 15) is 18.8 Å². The highest BCUT2D eigenvalue weighted by Crippen LogP contribution is 2.34. The van der Waals surface area contributed by atoms with Gasteiger partial charge in [-0.25, -0.2) is 4.39 Å². The van der Waals surface area contributed by atoms with Gasteiger partial charge in [-0.2, -0.15) is 0 Å². The Morgan fingerprint density at radius 1 is 0.974 bits per heavy atom. The van der Waals surface area contributed by atoms with Crippen molar-refractivity contribution in [3.8, 4) is 22.8 Å². The summed E-state index contributed by atoms with van der Waals surface area (Å²) >= 11 is 0.873. The quantitative estimate of drug-likeness (QED) is 0.233. The number of thioether (sulfide) groups is 1. The van der Waals surface area contributed by atoms with Crippen LogP contribution in [0.25, 0.3) is 27.7 Å². The Hall–Kier alpha value is -4.37. The summed E-state index contributed by atoms with van der Waals surface area (Å²) in [5, 5.41) is 2.39. The van der Waals surface area contributed by atoms with Crippen molar-refractivity contribution < 1.29 is 23.5 Å². The number of hydrogen-bond donors (Lipinski definition) is 1. The molecule has 39 heavy (non-hydrogen) atoms. The van der Waals surface area contributed by atoms with Crippen molar-refractivity contribution in [3.63, 3.8) is 0 Å². The number of ether oxygens (including phenoxy) is 2. The second-order valence-corrected chi connectivity index (χ2v) is 10.0. The first kappa shape index (κ1) is 26.2. The van der Waals surface area contributed by atoms with Gasteiger partial charge >= 0.3 is 0 Å². The molecule has 5 rings (SSSR count). The van der Waals surface area contributed by atoms with Crippen LogP contribution in [0.15, 0.2) is 76.4 Å². The molecular weight excluding hydrogens is 519 g/mol. The number of imide groups is 1. The molecule has 0 atom stereocenters. The minimum atomic E-state index is -0.411. The highest BCUT2D eigenvalue weighted by Gasteiger charge is 2.27. The molecule has 2 heterocycles. The van der Waals surface area contributed by atoms with Crippen molar-refractivity contribution in [2.75, 3.05) is 13.2 Å². The normalized spacial score (nSPS) is 14.5. The van der Waals surface area contributed by atoms with Gasteiger partial charge in [0.1, 0.15) is 24.8 Å². The smallest absolute Gasteiger partial charge is 0.290 e. The number of aromatic nitrogens is 1. The van der Waals surface area contributed by atoms with Crippen molar-refractivity contribution in [2.45, 2.75) is 13.8 Å². The Bertz CT molecular complexity index is 1730. The number of benzene rings is 3. The van der Waals surface area contributed by atoms with Crippen LogP contribution < -0.4 is 20.2 Å². The third-order valence-electron chi connectivity index (χ3n) is 6.53. The van der Waals surface area contributed by atoms with Gasteiger partial charge in [-0.3, -0.25) is 19.7 Å². The van der Waals surface area contributed by atoms with Gasteiger partial charge in [-0.05, 0) is 84.8 Å². The zero-order valence-corrected chi connectivity index (χ0v) is 22.4. The lowest BCUT2D eigenvalue weighted by molar-refractivity contribution is -0.115. The molecule has 1 aliphatic rings. The van der Waals surface area contributed by atoms with Crippen LogP contribution in [0.2, 0.25) is 0 Å². The fraction of sp³-hybridized carbons (Fsp3) is 0.167. The average molecular weight is 545 g/mol. The maximum Gasteiger partial charge on any atom is 0.290 e. The summed E-state index contributed by atoms with van der Waals surface area (Å²) in [6.07, 6.45) is 0. The first-order chi connectivity index (χ1) is 18.7. The predicted molar refractivity (Wildman–Crippen MR) is 150 cm³/mol. The van der Waals surface area contributed by atoms with E-state index in [4.69, 9.17) is 9.47 Å². The predicted octanol–water partition coefficient (Wildman–Crippen LogP) is 5.82. The molecule has 0 spiro atoms. The molecule has 1 fully saturated rings. The van der Waals surface area contributed by atoms with Crippen molar-refractivity contribution in [3.05, 3.63) is 98.8 Å². The molecule has 0 aliphatic carbocycles. The lowest BCUT2D eigenvalue weighted by Crippen LogP contribution is -2.19. The topological polar surface area (TPSA) is 86.6 Å². The number of nitrogens with one attached hydrogen (secondary N) is 1. The SMILES string of the molecule is CC(=C1SC(=O)NC1=O)c1cccc(OCCOc2c(-c3ccc(F)cc3C)n(C)c3ccccc3c2=O)c1. The Balaban J connectivity index is 1.40. The summed E-state index contributed by atoms with van der Waals surface area (Å²) in [5.41, 5.74) is 3.83. The number of hydrogen-bond acceptors (Lipinski definition) is 6. The molecule has 0 radical (unpaired) electrons. The molecule has 9 heteroatoms. The molecule has 1 aromatic heterocycles. The van der Waals surface area contributed by atoms with E-state index in [1.807, 2.05) is 29.8 Å². The van der Waals surface area contributed by atoms with Crippen molar-refractivity contribution >= 4 is 39.4 Å². The van der Waals surface area contributed by atoms with E-state index in [1.165, 1.54) is 12.1 Å². The highest BCUT2D eigenvalue weighted by atomic mass is 32.2. The number of pyridine rings is 1. The van der Waals surface area contributed by atoms with Crippen LogP contribution in [-0.2, 0) is 11.8 Å². The molecule has 3 aromatic carbocycles. The standard InChI is InChI=1S/C30H25FN2O5S/c1-17-15-20(31)11-12-22(17)25-27(26(34)23-9-4-5-10-24(23)33(25)3)38-14-13-37-21-8-6-7-19(16-21)18(2)28-29(35)32-30(36)39-28/h4-12,15-16H,13-14H2,1-3H3,(H,32,35,36). The lowest BCUT2D eigenvalue weighted by Gasteiger charge is -2.19. The van der Waals surface area contributed by atoms with E-state index in [-0.39, 0.29) is 30.2 Å². The highest BCUT2D eigenvalue weighted by molar-refractivity contribution is 8.18. The Morgan fingerprint density at radius 2 is 1.74 bits per heavy atom. The summed E-state index contributed by atoms with van der Waals surface area (Å²) in [5.74, 6) is -0.0549. The van der Waals surface area contributed by atoms with Crippen LogP contribution in [0.4, 0.5) is 9.18 Å². The molecule has 198 valence electrons. The fourth-order valence-corrected chi connectivity index (χ4v) is 5.35. The summed E-state index contributed by atoms with van der Waals surface area (Å²) in [6, 6.07) is 18.9. The van der Waals surface area contributed by atoms with E-state index in [1.54, 1.807) is 50.2 Å². The van der Waals surface area contributed by atoms with E-state index in [2.05, 4.69) is 5.32 Å². The second kappa shape index (κ2) is 10.8. The Labute approximate surface area is 228 Å².